The highest BCUT2D eigenvalue weighted by Crippen LogP contribution is 2.66. The van der Waals surface area contributed by atoms with E-state index >= 15 is 0 Å². The summed E-state index contributed by atoms with van der Waals surface area (Å²) in [5.74, 6) is 3.39. The van der Waals surface area contributed by atoms with Crippen LogP contribution in [0.1, 0.15) is 55.2 Å². The Kier molecular flexibility index (Phi) is 5.50. The van der Waals surface area contributed by atoms with Crippen molar-refractivity contribution in [2.75, 3.05) is 0 Å². The Morgan fingerprint density at radius 3 is 1.89 bits per heavy atom. The van der Waals surface area contributed by atoms with E-state index in [0.717, 1.165) is 34.6 Å². The van der Waals surface area contributed by atoms with Crippen LogP contribution < -0.4 is 4.74 Å². The zero-order valence-electron chi connectivity index (χ0n) is 21.2. The molecule has 4 bridgehead atoms. The summed E-state index contributed by atoms with van der Waals surface area (Å²) in [6.45, 7) is 0. The molecule has 37 heavy (non-hydrogen) atoms. The summed E-state index contributed by atoms with van der Waals surface area (Å²) in [6, 6.07) is 38.5. The van der Waals surface area contributed by atoms with Crippen LogP contribution in [0.4, 0.5) is 5.69 Å². The predicted molar refractivity (Wildman–Crippen MR) is 151 cm³/mol. The average Bonchev–Trinajstić information content (AvgIpc) is 2.93. The Bertz CT molecular complexity index is 1390. The summed E-state index contributed by atoms with van der Waals surface area (Å²) in [4.78, 5) is 4.79. The summed E-state index contributed by atoms with van der Waals surface area (Å²) >= 11 is 0. The van der Waals surface area contributed by atoms with Gasteiger partial charge in [0.15, 0.2) is 0 Å². The summed E-state index contributed by atoms with van der Waals surface area (Å²) < 4.78 is 5.98. The maximum absolute atomic E-state index is 5.98. The van der Waals surface area contributed by atoms with Gasteiger partial charge in [-0.1, -0.05) is 72.8 Å². The molecule has 2 unspecified atom stereocenters. The van der Waals surface area contributed by atoms with Crippen LogP contribution in [0.25, 0.3) is 0 Å². The van der Waals surface area contributed by atoms with Crippen molar-refractivity contribution in [2.24, 2.45) is 16.8 Å². The van der Waals surface area contributed by atoms with Crippen molar-refractivity contribution in [1.29, 1.82) is 0 Å². The average molecular weight is 484 g/mol. The van der Waals surface area contributed by atoms with Crippen molar-refractivity contribution in [3.8, 4) is 11.5 Å². The van der Waals surface area contributed by atoms with Gasteiger partial charge in [0, 0.05) is 6.21 Å². The number of nitrogens with zero attached hydrogens (tertiary/aromatic N) is 1. The maximum atomic E-state index is 5.98. The third-order valence-electron chi connectivity index (χ3n) is 9.13. The number of aliphatic imine (C=N–C) groups is 1. The summed E-state index contributed by atoms with van der Waals surface area (Å²) in [5.41, 5.74) is 5.83. The van der Waals surface area contributed by atoms with Gasteiger partial charge in [-0.2, -0.15) is 0 Å². The second-order valence-corrected chi connectivity index (χ2v) is 11.7. The molecule has 8 rings (SSSR count). The topological polar surface area (TPSA) is 21.6 Å². The fraction of sp³-hybridized carbons (Fsp3) is 0.286. The quantitative estimate of drug-likeness (QED) is 0.251. The second kappa shape index (κ2) is 9.03. The molecule has 0 saturated heterocycles. The van der Waals surface area contributed by atoms with Gasteiger partial charge in [-0.3, -0.25) is 4.99 Å². The lowest BCUT2D eigenvalue weighted by molar-refractivity contribution is -0.0281. The van der Waals surface area contributed by atoms with Crippen LogP contribution in [-0.4, -0.2) is 6.21 Å². The van der Waals surface area contributed by atoms with Gasteiger partial charge in [-0.15, -0.1) is 0 Å². The van der Waals surface area contributed by atoms with Crippen LogP contribution >= 0.6 is 0 Å². The van der Waals surface area contributed by atoms with Gasteiger partial charge in [0.1, 0.15) is 11.5 Å². The molecule has 0 aliphatic heterocycles. The first-order chi connectivity index (χ1) is 18.2. The molecule has 0 heterocycles. The first-order valence-corrected chi connectivity index (χ1v) is 13.7. The van der Waals surface area contributed by atoms with E-state index in [1.807, 2.05) is 54.7 Å². The largest absolute Gasteiger partial charge is 0.457 e. The van der Waals surface area contributed by atoms with E-state index in [1.54, 1.807) is 5.56 Å². The number of rotatable bonds is 6. The minimum Gasteiger partial charge on any atom is -0.457 e. The van der Waals surface area contributed by atoms with E-state index in [0.29, 0.717) is 10.8 Å². The predicted octanol–water partition coefficient (Wildman–Crippen LogP) is 9.02. The molecule has 0 N–H and O–H groups in total. The zero-order chi connectivity index (χ0) is 24.7. The van der Waals surface area contributed by atoms with E-state index in [1.165, 1.54) is 44.1 Å². The van der Waals surface area contributed by atoms with Gasteiger partial charge in [0.05, 0.1) is 5.69 Å². The molecule has 4 aromatic rings. The molecule has 0 amide bonds. The number of benzene rings is 4. The van der Waals surface area contributed by atoms with Crippen LogP contribution in [0.15, 0.2) is 114 Å². The SMILES string of the molecule is C(=Nc1ccc(C23CC4CC(CC(c5ccccc5)(C4)C2)C3)cc1)c1cccc(Oc2ccccc2)c1. The number of hydrogen-bond acceptors (Lipinski definition) is 2. The van der Waals surface area contributed by atoms with Crippen molar-refractivity contribution in [1.82, 2.24) is 0 Å². The first-order valence-electron chi connectivity index (χ1n) is 13.7. The van der Waals surface area contributed by atoms with Gasteiger partial charge in [0.25, 0.3) is 0 Å². The molecule has 4 saturated carbocycles. The molecule has 0 radical (unpaired) electrons. The van der Waals surface area contributed by atoms with Gasteiger partial charge in [-0.05, 0) is 114 Å². The molecule has 0 aromatic heterocycles. The Hall–Kier alpha value is -3.65. The van der Waals surface area contributed by atoms with Crippen LogP contribution in [0.3, 0.4) is 0 Å². The third-order valence-corrected chi connectivity index (χ3v) is 9.13. The lowest BCUT2D eigenvalue weighted by Gasteiger charge is -2.62. The number of para-hydroxylation sites is 1. The molecular weight excluding hydrogens is 450 g/mol. The molecule has 4 fully saturated rings. The van der Waals surface area contributed by atoms with Crippen LogP contribution in [0, 0.1) is 11.8 Å². The molecule has 2 atom stereocenters. The Balaban J connectivity index is 1.10. The fourth-order valence-corrected chi connectivity index (χ4v) is 8.06. The molecule has 2 nitrogen and oxygen atoms in total. The van der Waals surface area contributed by atoms with Crippen molar-refractivity contribution in [3.05, 3.63) is 126 Å². The Morgan fingerprint density at radius 2 is 1.22 bits per heavy atom. The Morgan fingerprint density at radius 1 is 0.622 bits per heavy atom. The smallest absolute Gasteiger partial charge is 0.128 e. The highest BCUT2D eigenvalue weighted by Gasteiger charge is 2.58. The molecule has 4 aliphatic carbocycles. The fourth-order valence-electron chi connectivity index (χ4n) is 8.06. The standard InChI is InChI=1S/C35H33NO/c1-3-9-29(10-4-1)34-20-27-18-28(21-34)23-35(22-27,25-34)30-14-16-31(17-15-30)36-24-26-8-7-13-33(19-26)37-32-11-5-2-6-12-32/h1-17,19,24,27-28H,18,20-23,25H2. The molecule has 0 spiro atoms. The number of hydrogen-bond donors (Lipinski definition) is 0. The van der Waals surface area contributed by atoms with Crippen LogP contribution in [-0.2, 0) is 10.8 Å². The van der Waals surface area contributed by atoms with E-state index < -0.39 is 0 Å². The van der Waals surface area contributed by atoms with Crippen LogP contribution in [0.5, 0.6) is 11.5 Å². The molecule has 4 aromatic carbocycles. The summed E-state index contributed by atoms with van der Waals surface area (Å²) in [7, 11) is 0. The van der Waals surface area contributed by atoms with Crippen LogP contribution in [0.2, 0.25) is 0 Å². The Labute approximate surface area is 220 Å². The van der Waals surface area contributed by atoms with E-state index in [2.05, 4.69) is 60.7 Å². The lowest BCUT2D eigenvalue weighted by Crippen LogP contribution is -2.55. The van der Waals surface area contributed by atoms with Gasteiger partial charge < -0.3 is 4.74 Å². The van der Waals surface area contributed by atoms with Crippen molar-refractivity contribution >= 4 is 11.9 Å². The van der Waals surface area contributed by atoms with E-state index in [4.69, 9.17) is 9.73 Å². The highest BCUT2D eigenvalue weighted by atomic mass is 16.5. The van der Waals surface area contributed by atoms with E-state index in [9.17, 15) is 0 Å². The van der Waals surface area contributed by atoms with Gasteiger partial charge >= 0.3 is 0 Å². The lowest BCUT2D eigenvalue weighted by atomic mass is 9.42. The van der Waals surface area contributed by atoms with Gasteiger partial charge in [0.2, 0.25) is 0 Å². The molecule has 2 heteroatoms. The number of ether oxygens (including phenoxy) is 1. The maximum Gasteiger partial charge on any atom is 0.128 e. The minimum atomic E-state index is 0.325. The van der Waals surface area contributed by atoms with Crippen molar-refractivity contribution < 1.29 is 4.74 Å². The zero-order valence-corrected chi connectivity index (χ0v) is 21.2. The monoisotopic (exact) mass is 483 g/mol. The van der Waals surface area contributed by atoms with E-state index in [-0.39, 0.29) is 0 Å². The first kappa shape index (κ1) is 22.5. The van der Waals surface area contributed by atoms with Gasteiger partial charge in [-0.25, -0.2) is 0 Å². The summed E-state index contributed by atoms with van der Waals surface area (Å²) in [5, 5.41) is 0. The minimum absolute atomic E-state index is 0.325. The highest BCUT2D eigenvalue weighted by molar-refractivity contribution is 5.82. The van der Waals surface area contributed by atoms with Crippen molar-refractivity contribution in [3.63, 3.8) is 0 Å². The second-order valence-electron chi connectivity index (χ2n) is 11.7. The molecule has 4 aliphatic rings. The normalized spacial score (nSPS) is 28.0. The molecule has 184 valence electrons. The molecular formula is C35H33NO. The van der Waals surface area contributed by atoms with Crippen molar-refractivity contribution in [2.45, 2.75) is 49.4 Å². The summed E-state index contributed by atoms with van der Waals surface area (Å²) in [6.07, 6.45) is 10.1. The third kappa shape index (κ3) is 4.29.